The second-order valence-corrected chi connectivity index (χ2v) is 8.09. The van der Waals surface area contributed by atoms with E-state index in [4.69, 9.17) is 0 Å². The Labute approximate surface area is 149 Å². The summed E-state index contributed by atoms with van der Waals surface area (Å²) in [5.41, 5.74) is 2.23. The molecule has 3 rings (SSSR count). The molecule has 1 aromatic carbocycles. The fourth-order valence-electron chi connectivity index (χ4n) is 3.49. The molecule has 0 unspecified atom stereocenters. The van der Waals surface area contributed by atoms with Gasteiger partial charge in [-0.15, -0.1) is 0 Å². The van der Waals surface area contributed by atoms with E-state index in [9.17, 15) is 4.79 Å². The molecule has 2 aliphatic rings. The molecular weight excluding hydrogens is 318 g/mol. The van der Waals surface area contributed by atoms with Gasteiger partial charge in [0.15, 0.2) is 0 Å². The van der Waals surface area contributed by atoms with Gasteiger partial charge in [0, 0.05) is 43.2 Å². The molecule has 24 heavy (non-hydrogen) atoms. The number of hydrogen-bond donors (Lipinski definition) is 2. The number of anilines is 1. The zero-order valence-electron chi connectivity index (χ0n) is 14.4. The van der Waals surface area contributed by atoms with Crippen LogP contribution in [-0.4, -0.2) is 48.5 Å². The highest BCUT2D eigenvalue weighted by Crippen LogP contribution is 2.19. The van der Waals surface area contributed by atoms with Crippen molar-refractivity contribution < 1.29 is 4.79 Å². The second kappa shape index (κ2) is 9.44. The van der Waals surface area contributed by atoms with Gasteiger partial charge in [-0.3, -0.25) is 9.69 Å². The lowest BCUT2D eigenvalue weighted by molar-refractivity contribution is -0.116. The third kappa shape index (κ3) is 5.80. The van der Waals surface area contributed by atoms with Gasteiger partial charge in [0.2, 0.25) is 5.91 Å². The van der Waals surface area contributed by atoms with Crippen LogP contribution in [0, 0.1) is 5.92 Å². The monoisotopic (exact) mass is 347 g/mol. The van der Waals surface area contributed by atoms with Gasteiger partial charge in [0.25, 0.3) is 0 Å². The number of benzene rings is 1. The maximum Gasteiger partial charge on any atom is 0.224 e. The summed E-state index contributed by atoms with van der Waals surface area (Å²) in [6, 6.07) is 8.34. The van der Waals surface area contributed by atoms with E-state index in [0.717, 1.165) is 44.8 Å². The molecule has 1 aromatic rings. The number of piperidine rings is 1. The van der Waals surface area contributed by atoms with E-state index in [-0.39, 0.29) is 5.91 Å². The molecule has 5 heteroatoms. The minimum absolute atomic E-state index is 0.153. The fourth-order valence-corrected chi connectivity index (χ4v) is 4.47. The standard InChI is InChI=1S/C19H29N3OS/c23-19(5-4-16-6-8-20-9-7-16)21-18-3-1-2-17(14-18)15-22-10-12-24-13-11-22/h1-3,14,16,20H,4-13,15H2,(H,21,23). The van der Waals surface area contributed by atoms with Gasteiger partial charge in [0.05, 0.1) is 0 Å². The molecule has 1 amide bonds. The van der Waals surface area contributed by atoms with Crippen LogP contribution in [0.4, 0.5) is 5.69 Å². The maximum absolute atomic E-state index is 12.2. The summed E-state index contributed by atoms with van der Waals surface area (Å²) in [5, 5.41) is 6.46. The van der Waals surface area contributed by atoms with Gasteiger partial charge >= 0.3 is 0 Å². The summed E-state index contributed by atoms with van der Waals surface area (Å²) in [4.78, 5) is 14.7. The predicted octanol–water partition coefficient (Wildman–Crippen LogP) is 2.95. The molecule has 0 atom stereocenters. The van der Waals surface area contributed by atoms with Gasteiger partial charge < -0.3 is 10.6 Å². The lowest BCUT2D eigenvalue weighted by Gasteiger charge is -2.26. The molecular formula is C19H29N3OS. The normalized spacial score (nSPS) is 20.0. The van der Waals surface area contributed by atoms with E-state index >= 15 is 0 Å². The van der Waals surface area contributed by atoms with Crippen LogP contribution < -0.4 is 10.6 Å². The molecule has 4 nitrogen and oxygen atoms in total. The van der Waals surface area contributed by atoms with E-state index < -0.39 is 0 Å². The Hall–Kier alpha value is -1.04. The average molecular weight is 348 g/mol. The number of nitrogens with zero attached hydrogens (tertiary/aromatic N) is 1. The Morgan fingerprint density at radius 1 is 1.25 bits per heavy atom. The Morgan fingerprint density at radius 3 is 2.83 bits per heavy atom. The average Bonchev–Trinajstić information content (AvgIpc) is 2.62. The van der Waals surface area contributed by atoms with Crippen LogP contribution >= 0.6 is 11.8 Å². The molecule has 0 spiro atoms. The molecule has 2 fully saturated rings. The molecule has 0 aliphatic carbocycles. The minimum atomic E-state index is 0.153. The Kier molecular flexibility index (Phi) is 6.99. The highest BCUT2D eigenvalue weighted by atomic mass is 32.2. The SMILES string of the molecule is O=C(CCC1CCNCC1)Nc1cccc(CN2CCSCC2)c1. The van der Waals surface area contributed by atoms with Crippen LogP contribution in [0.3, 0.4) is 0 Å². The van der Waals surface area contributed by atoms with E-state index in [1.54, 1.807) is 0 Å². The highest BCUT2D eigenvalue weighted by Gasteiger charge is 2.15. The first-order chi connectivity index (χ1) is 11.8. The molecule has 0 bridgehead atoms. The van der Waals surface area contributed by atoms with Crippen molar-refractivity contribution >= 4 is 23.4 Å². The topological polar surface area (TPSA) is 44.4 Å². The zero-order valence-corrected chi connectivity index (χ0v) is 15.2. The molecule has 2 heterocycles. The van der Waals surface area contributed by atoms with Gasteiger partial charge in [-0.25, -0.2) is 0 Å². The third-order valence-corrected chi connectivity index (χ3v) is 5.90. The van der Waals surface area contributed by atoms with Gasteiger partial charge in [-0.05, 0) is 56.0 Å². The third-order valence-electron chi connectivity index (χ3n) is 4.96. The number of amides is 1. The molecule has 2 saturated heterocycles. The summed E-state index contributed by atoms with van der Waals surface area (Å²) >= 11 is 2.04. The summed E-state index contributed by atoms with van der Waals surface area (Å²) < 4.78 is 0. The Balaban J connectivity index is 1.45. The van der Waals surface area contributed by atoms with E-state index in [0.29, 0.717) is 12.3 Å². The van der Waals surface area contributed by atoms with Crippen LogP contribution in [0.1, 0.15) is 31.2 Å². The molecule has 2 N–H and O–H groups in total. The maximum atomic E-state index is 12.2. The second-order valence-electron chi connectivity index (χ2n) is 6.87. The van der Waals surface area contributed by atoms with Crippen LogP contribution in [0.2, 0.25) is 0 Å². The van der Waals surface area contributed by atoms with Crippen LogP contribution in [0.5, 0.6) is 0 Å². The largest absolute Gasteiger partial charge is 0.326 e. The smallest absolute Gasteiger partial charge is 0.224 e. The molecule has 2 aliphatic heterocycles. The zero-order chi connectivity index (χ0) is 16.6. The molecule has 132 valence electrons. The first-order valence-corrected chi connectivity index (χ1v) is 10.3. The number of carbonyl (C=O) groups excluding carboxylic acids is 1. The quantitative estimate of drug-likeness (QED) is 0.830. The Morgan fingerprint density at radius 2 is 2.04 bits per heavy atom. The van der Waals surface area contributed by atoms with Crippen molar-refractivity contribution in [2.24, 2.45) is 5.92 Å². The summed E-state index contributed by atoms with van der Waals surface area (Å²) in [6.45, 7) is 5.51. The van der Waals surface area contributed by atoms with Gasteiger partial charge in [-0.2, -0.15) is 11.8 Å². The lowest BCUT2D eigenvalue weighted by atomic mass is 9.93. The number of carbonyl (C=O) groups is 1. The van der Waals surface area contributed by atoms with E-state index in [1.807, 2.05) is 17.8 Å². The number of nitrogens with one attached hydrogen (secondary N) is 2. The van der Waals surface area contributed by atoms with Gasteiger partial charge in [0.1, 0.15) is 0 Å². The molecule has 0 radical (unpaired) electrons. The van der Waals surface area contributed by atoms with E-state index in [1.165, 1.54) is 29.9 Å². The molecule has 0 saturated carbocycles. The highest BCUT2D eigenvalue weighted by molar-refractivity contribution is 7.99. The fraction of sp³-hybridized carbons (Fsp3) is 0.632. The molecule has 0 aromatic heterocycles. The van der Waals surface area contributed by atoms with E-state index in [2.05, 4.69) is 33.7 Å². The predicted molar refractivity (Wildman–Crippen MR) is 103 cm³/mol. The van der Waals surface area contributed by atoms with Crippen molar-refractivity contribution in [1.82, 2.24) is 10.2 Å². The minimum Gasteiger partial charge on any atom is -0.326 e. The Bertz CT molecular complexity index is 525. The summed E-state index contributed by atoms with van der Waals surface area (Å²) in [7, 11) is 0. The number of rotatable bonds is 6. The van der Waals surface area contributed by atoms with Crippen molar-refractivity contribution in [2.45, 2.75) is 32.2 Å². The van der Waals surface area contributed by atoms with Crippen molar-refractivity contribution in [3.05, 3.63) is 29.8 Å². The first-order valence-electron chi connectivity index (χ1n) is 9.19. The summed E-state index contributed by atoms with van der Waals surface area (Å²) in [6.07, 6.45) is 4.06. The van der Waals surface area contributed by atoms with Crippen LogP contribution in [-0.2, 0) is 11.3 Å². The van der Waals surface area contributed by atoms with Crippen LogP contribution in [0.25, 0.3) is 0 Å². The number of thioether (sulfide) groups is 1. The van der Waals surface area contributed by atoms with Gasteiger partial charge in [-0.1, -0.05) is 12.1 Å². The van der Waals surface area contributed by atoms with Crippen molar-refractivity contribution in [2.75, 3.05) is 43.0 Å². The van der Waals surface area contributed by atoms with Crippen molar-refractivity contribution in [3.63, 3.8) is 0 Å². The van der Waals surface area contributed by atoms with Crippen molar-refractivity contribution in [1.29, 1.82) is 0 Å². The van der Waals surface area contributed by atoms with Crippen molar-refractivity contribution in [3.8, 4) is 0 Å². The lowest BCUT2D eigenvalue weighted by Crippen LogP contribution is -2.31. The first kappa shape index (κ1) is 17.8. The van der Waals surface area contributed by atoms with Crippen LogP contribution in [0.15, 0.2) is 24.3 Å². The summed E-state index contributed by atoms with van der Waals surface area (Å²) in [5.74, 6) is 3.32. The number of hydrogen-bond acceptors (Lipinski definition) is 4.